The van der Waals surface area contributed by atoms with Crippen LogP contribution in [0.2, 0.25) is 0 Å². The first kappa shape index (κ1) is 14.9. The molecule has 1 aliphatic heterocycles. The van der Waals surface area contributed by atoms with Gasteiger partial charge in [0.15, 0.2) is 0 Å². The van der Waals surface area contributed by atoms with E-state index in [9.17, 15) is 4.79 Å². The maximum Gasteiger partial charge on any atom is 0.253 e. The van der Waals surface area contributed by atoms with Gasteiger partial charge in [0.1, 0.15) is 4.99 Å². The molecule has 1 saturated heterocycles. The molecular formula is C15H20N2O2S. The average Bonchev–Trinajstić information content (AvgIpc) is 2.97. The number of ether oxygens (including phenoxy) is 1. The van der Waals surface area contributed by atoms with E-state index in [-0.39, 0.29) is 12.0 Å². The molecule has 1 unspecified atom stereocenters. The van der Waals surface area contributed by atoms with Gasteiger partial charge in [0, 0.05) is 30.8 Å². The molecule has 1 heterocycles. The van der Waals surface area contributed by atoms with E-state index in [2.05, 4.69) is 0 Å². The Morgan fingerprint density at radius 3 is 2.85 bits per heavy atom. The van der Waals surface area contributed by atoms with E-state index in [0.29, 0.717) is 23.6 Å². The van der Waals surface area contributed by atoms with Crippen LogP contribution in [-0.4, -0.2) is 41.6 Å². The summed E-state index contributed by atoms with van der Waals surface area (Å²) in [6, 6.07) is 7.17. The number of benzene rings is 1. The summed E-state index contributed by atoms with van der Waals surface area (Å²) in [6.07, 6.45) is 2.27. The van der Waals surface area contributed by atoms with E-state index in [1.807, 2.05) is 24.0 Å². The SMILES string of the molecule is CCN(CC1CCCO1)C(=O)c1cccc(C(N)=S)c1. The Hall–Kier alpha value is -1.46. The Morgan fingerprint density at radius 1 is 1.50 bits per heavy atom. The smallest absolute Gasteiger partial charge is 0.253 e. The van der Waals surface area contributed by atoms with Crippen molar-refractivity contribution < 1.29 is 9.53 Å². The van der Waals surface area contributed by atoms with Crippen LogP contribution in [0.25, 0.3) is 0 Å². The van der Waals surface area contributed by atoms with Crippen molar-refractivity contribution in [3.63, 3.8) is 0 Å². The first-order chi connectivity index (χ1) is 9.61. The molecule has 1 amide bonds. The molecule has 0 spiro atoms. The number of hydrogen-bond acceptors (Lipinski definition) is 3. The van der Waals surface area contributed by atoms with Crippen molar-refractivity contribution in [3.05, 3.63) is 35.4 Å². The Labute approximate surface area is 124 Å². The van der Waals surface area contributed by atoms with E-state index in [1.165, 1.54) is 0 Å². The van der Waals surface area contributed by atoms with Crippen LogP contribution < -0.4 is 5.73 Å². The maximum atomic E-state index is 12.5. The molecule has 2 N–H and O–H groups in total. The average molecular weight is 292 g/mol. The summed E-state index contributed by atoms with van der Waals surface area (Å²) < 4.78 is 5.60. The largest absolute Gasteiger partial charge is 0.389 e. The molecule has 1 aliphatic rings. The monoisotopic (exact) mass is 292 g/mol. The lowest BCUT2D eigenvalue weighted by atomic mass is 10.1. The van der Waals surface area contributed by atoms with Gasteiger partial charge in [-0.15, -0.1) is 0 Å². The number of amides is 1. The van der Waals surface area contributed by atoms with Gasteiger partial charge in [0.05, 0.1) is 6.10 Å². The highest BCUT2D eigenvalue weighted by Gasteiger charge is 2.22. The van der Waals surface area contributed by atoms with E-state index < -0.39 is 0 Å². The van der Waals surface area contributed by atoms with Crippen LogP contribution in [0.5, 0.6) is 0 Å². The molecule has 1 aromatic carbocycles. The summed E-state index contributed by atoms with van der Waals surface area (Å²) in [5, 5.41) is 0. The predicted octanol–water partition coefficient (Wildman–Crippen LogP) is 1.96. The number of hydrogen-bond donors (Lipinski definition) is 1. The molecule has 1 fully saturated rings. The molecule has 20 heavy (non-hydrogen) atoms. The maximum absolute atomic E-state index is 12.5. The van der Waals surface area contributed by atoms with Gasteiger partial charge in [-0.1, -0.05) is 24.4 Å². The second-order valence-electron chi connectivity index (χ2n) is 4.92. The Kier molecular flexibility index (Phi) is 5.09. The highest BCUT2D eigenvalue weighted by molar-refractivity contribution is 7.80. The van der Waals surface area contributed by atoms with E-state index in [4.69, 9.17) is 22.7 Å². The minimum absolute atomic E-state index is 0.00102. The second-order valence-corrected chi connectivity index (χ2v) is 5.36. The molecule has 0 saturated carbocycles. The van der Waals surface area contributed by atoms with Gasteiger partial charge in [-0.3, -0.25) is 4.79 Å². The molecule has 4 nitrogen and oxygen atoms in total. The molecule has 0 bridgehead atoms. The second kappa shape index (κ2) is 6.81. The highest BCUT2D eigenvalue weighted by Crippen LogP contribution is 2.15. The lowest BCUT2D eigenvalue weighted by Crippen LogP contribution is -2.37. The summed E-state index contributed by atoms with van der Waals surface area (Å²) in [5.74, 6) is 0.00102. The molecule has 0 radical (unpaired) electrons. The first-order valence-electron chi connectivity index (χ1n) is 6.92. The number of nitrogens with zero attached hydrogens (tertiary/aromatic N) is 1. The number of rotatable bonds is 5. The van der Waals surface area contributed by atoms with Crippen molar-refractivity contribution in [3.8, 4) is 0 Å². The van der Waals surface area contributed by atoms with E-state index in [1.54, 1.807) is 12.1 Å². The molecule has 0 aliphatic carbocycles. The summed E-state index contributed by atoms with van der Waals surface area (Å²) in [6.45, 7) is 4.08. The van der Waals surface area contributed by atoms with Crippen LogP contribution in [0.15, 0.2) is 24.3 Å². The molecule has 1 atom stereocenters. The zero-order valence-electron chi connectivity index (χ0n) is 11.7. The van der Waals surface area contributed by atoms with E-state index >= 15 is 0 Å². The third kappa shape index (κ3) is 3.55. The summed E-state index contributed by atoms with van der Waals surface area (Å²) in [7, 11) is 0. The van der Waals surface area contributed by atoms with Crippen LogP contribution in [0.1, 0.15) is 35.7 Å². The summed E-state index contributed by atoms with van der Waals surface area (Å²) in [5.41, 5.74) is 6.95. The molecular weight excluding hydrogens is 272 g/mol. The zero-order chi connectivity index (χ0) is 14.5. The number of likely N-dealkylation sites (N-methyl/N-ethyl adjacent to an activating group) is 1. The van der Waals surface area contributed by atoms with Crippen molar-refractivity contribution >= 4 is 23.1 Å². The lowest BCUT2D eigenvalue weighted by Gasteiger charge is -2.24. The quantitative estimate of drug-likeness (QED) is 0.843. The number of carbonyl (C=O) groups excluding carboxylic acids is 1. The van der Waals surface area contributed by atoms with Crippen LogP contribution in [-0.2, 0) is 4.74 Å². The van der Waals surface area contributed by atoms with Crippen molar-refractivity contribution in [1.82, 2.24) is 4.90 Å². The Bertz CT molecular complexity index is 498. The first-order valence-corrected chi connectivity index (χ1v) is 7.33. The minimum Gasteiger partial charge on any atom is -0.389 e. The van der Waals surface area contributed by atoms with Crippen LogP contribution >= 0.6 is 12.2 Å². The van der Waals surface area contributed by atoms with Gasteiger partial charge in [-0.25, -0.2) is 0 Å². The normalized spacial score (nSPS) is 17.9. The summed E-state index contributed by atoms with van der Waals surface area (Å²) in [4.78, 5) is 14.6. The predicted molar refractivity (Wildman–Crippen MR) is 82.9 cm³/mol. The molecule has 5 heteroatoms. The van der Waals surface area contributed by atoms with Crippen molar-refractivity contribution in [2.75, 3.05) is 19.7 Å². The topological polar surface area (TPSA) is 55.6 Å². The standard InChI is InChI=1S/C15H20N2O2S/c1-2-17(10-13-7-4-8-19-13)15(18)12-6-3-5-11(9-12)14(16)20/h3,5-6,9,13H,2,4,7-8,10H2,1H3,(H2,16,20). The van der Waals surface area contributed by atoms with Gasteiger partial charge in [0.2, 0.25) is 0 Å². The van der Waals surface area contributed by atoms with Crippen LogP contribution in [0, 0.1) is 0 Å². The Morgan fingerprint density at radius 2 is 2.25 bits per heavy atom. The van der Waals surface area contributed by atoms with Crippen molar-refractivity contribution in [2.24, 2.45) is 5.73 Å². The minimum atomic E-state index is 0.00102. The van der Waals surface area contributed by atoms with Gasteiger partial charge in [-0.2, -0.15) is 0 Å². The Balaban J connectivity index is 2.10. The van der Waals surface area contributed by atoms with Crippen molar-refractivity contribution in [2.45, 2.75) is 25.9 Å². The molecule has 1 aromatic rings. The molecule has 108 valence electrons. The zero-order valence-corrected chi connectivity index (χ0v) is 12.5. The molecule has 0 aromatic heterocycles. The fourth-order valence-electron chi connectivity index (χ4n) is 2.38. The fourth-order valence-corrected chi connectivity index (χ4v) is 2.50. The van der Waals surface area contributed by atoms with Gasteiger partial charge in [0.25, 0.3) is 5.91 Å². The molecule has 2 rings (SSSR count). The van der Waals surface area contributed by atoms with Crippen molar-refractivity contribution in [1.29, 1.82) is 0 Å². The number of thiocarbonyl (C=S) groups is 1. The van der Waals surface area contributed by atoms with Crippen LogP contribution in [0.3, 0.4) is 0 Å². The van der Waals surface area contributed by atoms with Gasteiger partial charge >= 0.3 is 0 Å². The highest BCUT2D eigenvalue weighted by atomic mass is 32.1. The number of nitrogens with two attached hydrogens (primary N) is 1. The van der Waals surface area contributed by atoms with Gasteiger partial charge < -0.3 is 15.4 Å². The van der Waals surface area contributed by atoms with Gasteiger partial charge in [-0.05, 0) is 31.9 Å². The number of carbonyl (C=O) groups is 1. The third-order valence-corrected chi connectivity index (χ3v) is 3.75. The van der Waals surface area contributed by atoms with Crippen LogP contribution in [0.4, 0.5) is 0 Å². The fraction of sp³-hybridized carbons (Fsp3) is 0.467. The third-order valence-electron chi connectivity index (χ3n) is 3.51. The summed E-state index contributed by atoms with van der Waals surface area (Å²) >= 11 is 4.95. The lowest BCUT2D eigenvalue weighted by molar-refractivity contribution is 0.0539. The van der Waals surface area contributed by atoms with E-state index in [0.717, 1.165) is 25.0 Å².